The lowest BCUT2D eigenvalue weighted by Crippen LogP contribution is -2.40. The van der Waals surface area contributed by atoms with Gasteiger partial charge in [-0.3, -0.25) is 9.69 Å². The minimum absolute atomic E-state index is 0.0260. The van der Waals surface area contributed by atoms with Crippen molar-refractivity contribution < 1.29 is 9.90 Å². The van der Waals surface area contributed by atoms with Gasteiger partial charge < -0.3 is 15.7 Å². The molecular formula is C15H23N3O2. The Bertz CT molecular complexity index is 403. The molecule has 1 fully saturated rings. The molecular weight excluding hydrogens is 254 g/mol. The highest BCUT2D eigenvalue weighted by Gasteiger charge is 2.14. The molecule has 1 heterocycles. The van der Waals surface area contributed by atoms with Gasteiger partial charge in [-0.05, 0) is 25.1 Å². The standard InChI is InChI=1S/C15H23N3O2/c19-14(13-5-2-1-3-6-13)11-17-15(20)12-18-9-4-7-16-8-10-18/h1-3,5-6,14,16,19H,4,7-12H2,(H,17,20). The van der Waals surface area contributed by atoms with Crippen LogP contribution in [0, 0.1) is 0 Å². The zero-order chi connectivity index (χ0) is 14.2. The first-order chi connectivity index (χ1) is 9.75. The Labute approximate surface area is 120 Å². The molecule has 0 saturated carbocycles. The van der Waals surface area contributed by atoms with Gasteiger partial charge in [-0.25, -0.2) is 0 Å². The fourth-order valence-corrected chi connectivity index (χ4v) is 2.32. The summed E-state index contributed by atoms with van der Waals surface area (Å²) in [6.45, 7) is 4.46. The average molecular weight is 277 g/mol. The molecule has 20 heavy (non-hydrogen) atoms. The van der Waals surface area contributed by atoms with E-state index in [1.54, 1.807) is 0 Å². The maximum atomic E-state index is 11.9. The summed E-state index contributed by atoms with van der Waals surface area (Å²) in [6, 6.07) is 9.38. The fraction of sp³-hybridized carbons (Fsp3) is 0.533. The first kappa shape index (κ1) is 15.0. The molecule has 1 saturated heterocycles. The van der Waals surface area contributed by atoms with Gasteiger partial charge in [0, 0.05) is 19.6 Å². The Morgan fingerprint density at radius 1 is 1.30 bits per heavy atom. The molecule has 0 aliphatic carbocycles. The third-order valence-corrected chi connectivity index (χ3v) is 3.48. The number of aliphatic hydroxyl groups excluding tert-OH is 1. The van der Waals surface area contributed by atoms with Crippen LogP contribution in [0.4, 0.5) is 0 Å². The van der Waals surface area contributed by atoms with Crippen molar-refractivity contribution >= 4 is 5.91 Å². The summed E-state index contributed by atoms with van der Waals surface area (Å²) in [5.74, 6) is -0.0260. The number of carbonyl (C=O) groups excluding carboxylic acids is 1. The van der Waals surface area contributed by atoms with Gasteiger partial charge in [0.2, 0.25) is 5.91 Å². The van der Waals surface area contributed by atoms with Crippen molar-refractivity contribution in [3.8, 4) is 0 Å². The molecule has 1 aromatic rings. The Balaban J connectivity index is 1.71. The minimum Gasteiger partial charge on any atom is -0.387 e. The van der Waals surface area contributed by atoms with Crippen LogP contribution in [-0.2, 0) is 4.79 Å². The van der Waals surface area contributed by atoms with E-state index in [1.807, 2.05) is 30.3 Å². The number of amides is 1. The highest BCUT2D eigenvalue weighted by atomic mass is 16.3. The highest BCUT2D eigenvalue weighted by Crippen LogP contribution is 2.10. The molecule has 0 aromatic heterocycles. The average Bonchev–Trinajstić information content (AvgIpc) is 2.74. The van der Waals surface area contributed by atoms with Crippen molar-refractivity contribution in [2.75, 3.05) is 39.3 Å². The molecule has 3 N–H and O–H groups in total. The summed E-state index contributed by atoms with van der Waals surface area (Å²) in [5.41, 5.74) is 0.826. The van der Waals surface area contributed by atoms with Gasteiger partial charge >= 0.3 is 0 Å². The Kier molecular flexibility index (Phi) is 5.98. The largest absolute Gasteiger partial charge is 0.387 e. The number of aliphatic hydroxyl groups is 1. The van der Waals surface area contributed by atoms with Crippen LogP contribution in [0.1, 0.15) is 18.1 Å². The second-order valence-corrected chi connectivity index (χ2v) is 5.11. The first-order valence-corrected chi connectivity index (χ1v) is 7.18. The molecule has 1 atom stereocenters. The van der Waals surface area contributed by atoms with E-state index in [4.69, 9.17) is 0 Å². The molecule has 1 aliphatic heterocycles. The summed E-state index contributed by atoms with van der Waals surface area (Å²) in [7, 11) is 0. The number of nitrogens with zero attached hydrogens (tertiary/aromatic N) is 1. The van der Waals surface area contributed by atoms with E-state index in [0.717, 1.165) is 38.2 Å². The Morgan fingerprint density at radius 2 is 2.10 bits per heavy atom. The molecule has 1 unspecified atom stereocenters. The highest BCUT2D eigenvalue weighted by molar-refractivity contribution is 5.78. The van der Waals surface area contributed by atoms with E-state index in [1.165, 1.54) is 0 Å². The van der Waals surface area contributed by atoms with Crippen molar-refractivity contribution in [2.45, 2.75) is 12.5 Å². The van der Waals surface area contributed by atoms with Crippen molar-refractivity contribution in [3.63, 3.8) is 0 Å². The van der Waals surface area contributed by atoms with E-state index < -0.39 is 6.10 Å². The zero-order valence-corrected chi connectivity index (χ0v) is 11.7. The van der Waals surface area contributed by atoms with Crippen LogP contribution in [0.25, 0.3) is 0 Å². The summed E-state index contributed by atoms with van der Waals surface area (Å²) >= 11 is 0. The van der Waals surface area contributed by atoms with Crippen LogP contribution in [0.15, 0.2) is 30.3 Å². The van der Waals surface area contributed by atoms with E-state index in [0.29, 0.717) is 6.54 Å². The van der Waals surface area contributed by atoms with E-state index >= 15 is 0 Å². The Morgan fingerprint density at radius 3 is 2.90 bits per heavy atom. The third kappa shape index (κ3) is 4.92. The summed E-state index contributed by atoms with van der Waals surface area (Å²) in [6.07, 6.45) is 0.422. The number of benzene rings is 1. The lowest BCUT2D eigenvalue weighted by atomic mass is 10.1. The third-order valence-electron chi connectivity index (χ3n) is 3.48. The first-order valence-electron chi connectivity index (χ1n) is 7.18. The van der Waals surface area contributed by atoms with Crippen molar-refractivity contribution in [1.82, 2.24) is 15.5 Å². The number of hydrogen-bond donors (Lipinski definition) is 3. The molecule has 5 nitrogen and oxygen atoms in total. The van der Waals surface area contributed by atoms with Gasteiger partial charge in [0.1, 0.15) is 0 Å². The predicted molar refractivity (Wildman–Crippen MR) is 78.3 cm³/mol. The number of rotatable bonds is 5. The summed E-state index contributed by atoms with van der Waals surface area (Å²) < 4.78 is 0. The van der Waals surface area contributed by atoms with Gasteiger partial charge in [-0.1, -0.05) is 30.3 Å². The number of carbonyl (C=O) groups is 1. The van der Waals surface area contributed by atoms with E-state index in [-0.39, 0.29) is 12.5 Å². The quantitative estimate of drug-likeness (QED) is 0.716. The minimum atomic E-state index is -0.647. The second kappa shape index (κ2) is 7.99. The van der Waals surface area contributed by atoms with E-state index in [2.05, 4.69) is 15.5 Å². The number of hydrogen-bond acceptors (Lipinski definition) is 4. The van der Waals surface area contributed by atoms with Gasteiger partial charge in [0.25, 0.3) is 0 Å². The van der Waals surface area contributed by atoms with Crippen LogP contribution >= 0.6 is 0 Å². The van der Waals surface area contributed by atoms with Gasteiger partial charge in [-0.2, -0.15) is 0 Å². The topological polar surface area (TPSA) is 64.6 Å². The monoisotopic (exact) mass is 277 g/mol. The lowest BCUT2D eigenvalue weighted by Gasteiger charge is -2.19. The molecule has 1 aromatic carbocycles. The molecule has 1 aliphatic rings. The van der Waals surface area contributed by atoms with Gasteiger partial charge in [0.15, 0.2) is 0 Å². The van der Waals surface area contributed by atoms with Crippen molar-refractivity contribution in [3.05, 3.63) is 35.9 Å². The van der Waals surface area contributed by atoms with Crippen LogP contribution in [0.5, 0.6) is 0 Å². The lowest BCUT2D eigenvalue weighted by molar-refractivity contribution is -0.122. The smallest absolute Gasteiger partial charge is 0.234 e. The van der Waals surface area contributed by atoms with Crippen LogP contribution in [-0.4, -0.2) is 55.2 Å². The molecule has 2 rings (SSSR count). The fourth-order valence-electron chi connectivity index (χ4n) is 2.32. The molecule has 0 spiro atoms. The van der Waals surface area contributed by atoms with Crippen LogP contribution < -0.4 is 10.6 Å². The number of nitrogens with one attached hydrogen (secondary N) is 2. The van der Waals surface area contributed by atoms with Crippen LogP contribution in [0.3, 0.4) is 0 Å². The molecule has 5 heteroatoms. The van der Waals surface area contributed by atoms with Crippen LogP contribution in [0.2, 0.25) is 0 Å². The van der Waals surface area contributed by atoms with E-state index in [9.17, 15) is 9.90 Å². The second-order valence-electron chi connectivity index (χ2n) is 5.11. The Hall–Kier alpha value is -1.43. The predicted octanol–water partition coefficient (Wildman–Crippen LogP) is 0.132. The SMILES string of the molecule is O=C(CN1CCCNCC1)NCC(O)c1ccccc1. The van der Waals surface area contributed by atoms with Gasteiger partial charge in [0.05, 0.1) is 12.6 Å². The summed E-state index contributed by atoms with van der Waals surface area (Å²) in [4.78, 5) is 14.0. The molecule has 1 amide bonds. The van der Waals surface area contributed by atoms with Crippen molar-refractivity contribution in [2.24, 2.45) is 0 Å². The normalized spacial score (nSPS) is 18.2. The molecule has 0 radical (unpaired) electrons. The maximum absolute atomic E-state index is 11.9. The molecule has 110 valence electrons. The summed E-state index contributed by atoms with van der Waals surface area (Å²) in [5, 5.41) is 16.1. The van der Waals surface area contributed by atoms with Crippen molar-refractivity contribution in [1.29, 1.82) is 0 Å². The maximum Gasteiger partial charge on any atom is 0.234 e. The zero-order valence-electron chi connectivity index (χ0n) is 11.7. The van der Waals surface area contributed by atoms with Gasteiger partial charge in [-0.15, -0.1) is 0 Å². The molecule has 0 bridgehead atoms.